The second-order valence-electron chi connectivity index (χ2n) is 3.41. The molecular formula is C10H12N4O2. The highest BCUT2D eigenvalue weighted by atomic mass is 16.6. The molecule has 1 unspecified atom stereocenters. The first kappa shape index (κ1) is 11.9. The number of aromatic nitrogens is 1. The average molecular weight is 220 g/mol. The van der Waals surface area contributed by atoms with Crippen molar-refractivity contribution in [2.45, 2.75) is 26.3 Å². The molecule has 0 aliphatic carbocycles. The van der Waals surface area contributed by atoms with Crippen molar-refractivity contribution in [1.82, 2.24) is 4.98 Å². The van der Waals surface area contributed by atoms with Crippen molar-refractivity contribution in [3.63, 3.8) is 0 Å². The molecule has 1 rings (SSSR count). The van der Waals surface area contributed by atoms with Gasteiger partial charge in [0.05, 0.1) is 10.5 Å². The second-order valence-corrected chi connectivity index (χ2v) is 3.41. The van der Waals surface area contributed by atoms with Crippen molar-refractivity contribution in [3.05, 3.63) is 27.9 Å². The number of anilines is 1. The molecule has 0 aliphatic rings. The minimum atomic E-state index is -0.543. The molecule has 6 heteroatoms. The van der Waals surface area contributed by atoms with E-state index in [1.807, 2.05) is 19.9 Å². The highest BCUT2D eigenvalue weighted by molar-refractivity contribution is 5.58. The van der Waals surface area contributed by atoms with E-state index in [-0.39, 0.29) is 23.1 Å². The molecule has 0 aromatic carbocycles. The maximum Gasteiger partial charge on any atom is 0.312 e. The van der Waals surface area contributed by atoms with Gasteiger partial charge in [-0.1, -0.05) is 6.92 Å². The van der Waals surface area contributed by atoms with Crippen molar-refractivity contribution >= 4 is 11.5 Å². The summed E-state index contributed by atoms with van der Waals surface area (Å²) < 4.78 is 0. The average Bonchev–Trinajstić information content (AvgIpc) is 2.29. The Bertz CT molecular complexity index is 439. The third-order valence-corrected chi connectivity index (χ3v) is 2.19. The first-order valence-corrected chi connectivity index (χ1v) is 4.89. The summed E-state index contributed by atoms with van der Waals surface area (Å²) >= 11 is 0. The van der Waals surface area contributed by atoms with Crippen molar-refractivity contribution in [2.24, 2.45) is 0 Å². The number of nitrogens with zero attached hydrogens (tertiary/aromatic N) is 3. The standard InChI is InChI=1S/C10H12N4O2/c1-3-7(2)13-10-9(14(15)16)4-8(5-11)6-12-10/h4,6-7H,3H2,1-2H3,(H,12,13). The molecule has 1 N–H and O–H groups in total. The Morgan fingerprint density at radius 2 is 2.44 bits per heavy atom. The summed E-state index contributed by atoms with van der Waals surface area (Å²) in [6.07, 6.45) is 2.15. The van der Waals surface area contributed by atoms with Crippen LogP contribution in [0.15, 0.2) is 12.3 Å². The van der Waals surface area contributed by atoms with Crippen molar-refractivity contribution in [3.8, 4) is 6.07 Å². The molecule has 84 valence electrons. The van der Waals surface area contributed by atoms with Crippen LogP contribution < -0.4 is 5.32 Å². The molecular weight excluding hydrogens is 208 g/mol. The fraction of sp³-hybridized carbons (Fsp3) is 0.400. The minimum absolute atomic E-state index is 0.0964. The predicted octanol–water partition coefficient (Wildman–Crippen LogP) is 2.07. The summed E-state index contributed by atoms with van der Waals surface area (Å²) in [6, 6.07) is 3.14. The van der Waals surface area contributed by atoms with Gasteiger partial charge in [0.25, 0.3) is 0 Å². The number of hydrogen-bond acceptors (Lipinski definition) is 5. The number of nitrogens with one attached hydrogen (secondary N) is 1. The Kier molecular flexibility index (Phi) is 3.78. The van der Waals surface area contributed by atoms with E-state index in [0.29, 0.717) is 0 Å². The number of nitro groups is 1. The molecule has 0 saturated heterocycles. The summed E-state index contributed by atoms with van der Waals surface area (Å²) in [6.45, 7) is 3.87. The molecule has 1 aromatic rings. The lowest BCUT2D eigenvalue weighted by atomic mass is 10.2. The lowest BCUT2D eigenvalue weighted by molar-refractivity contribution is -0.384. The van der Waals surface area contributed by atoms with Crippen LogP contribution in [0.4, 0.5) is 11.5 Å². The Morgan fingerprint density at radius 1 is 1.75 bits per heavy atom. The smallest absolute Gasteiger partial charge is 0.312 e. The molecule has 0 fully saturated rings. The lowest BCUT2D eigenvalue weighted by Crippen LogP contribution is -2.15. The van der Waals surface area contributed by atoms with Crippen LogP contribution in [0, 0.1) is 21.4 Å². The fourth-order valence-electron chi connectivity index (χ4n) is 1.10. The normalized spacial score (nSPS) is 11.6. The topological polar surface area (TPSA) is 91.8 Å². The van der Waals surface area contributed by atoms with Crippen LogP contribution >= 0.6 is 0 Å². The van der Waals surface area contributed by atoms with Crippen molar-refractivity contribution in [2.75, 3.05) is 5.32 Å². The van der Waals surface area contributed by atoms with Gasteiger partial charge in [-0.05, 0) is 13.3 Å². The zero-order chi connectivity index (χ0) is 12.1. The molecule has 1 heterocycles. The van der Waals surface area contributed by atoms with Crippen molar-refractivity contribution < 1.29 is 4.92 Å². The van der Waals surface area contributed by atoms with E-state index in [2.05, 4.69) is 10.3 Å². The van der Waals surface area contributed by atoms with Gasteiger partial charge in [-0.15, -0.1) is 0 Å². The molecule has 0 amide bonds. The van der Waals surface area contributed by atoms with Gasteiger partial charge in [0.2, 0.25) is 5.82 Å². The third-order valence-electron chi connectivity index (χ3n) is 2.19. The summed E-state index contributed by atoms with van der Waals surface area (Å²) in [5.41, 5.74) is 0.0146. The number of hydrogen-bond donors (Lipinski definition) is 1. The largest absolute Gasteiger partial charge is 0.362 e. The summed E-state index contributed by atoms with van der Waals surface area (Å²) in [5.74, 6) is 0.207. The van der Waals surface area contributed by atoms with Gasteiger partial charge in [-0.3, -0.25) is 10.1 Å². The van der Waals surface area contributed by atoms with Gasteiger partial charge in [0, 0.05) is 18.3 Å². The maximum atomic E-state index is 10.8. The monoisotopic (exact) mass is 220 g/mol. The number of nitriles is 1. The molecule has 0 bridgehead atoms. The molecule has 0 radical (unpaired) electrons. The van der Waals surface area contributed by atoms with E-state index in [0.717, 1.165) is 6.42 Å². The molecule has 6 nitrogen and oxygen atoms in total. The summed E-state index contributed by atoms with van der Waals surface area (Å²) in [5, 5.41) is 22.3. The highest BCUT2D eigenvalue weighted by Crippen LogP contribution is 2.23. The van der Waals surface area contributed by atoms with Gasteiger partial charge >= 0.3 is 5.69 Å². The van der Waals surface area contributed by atoms with Crippen LogP contribution in [0.1, 0.15) is 25.8 Å². The van der Waals surface area contributed by atoms with E-state index in [4.69, 9.17) is 5.26 Å². The van der Waals surface area contributed by atoms with Crippen LogP contribution in [-0.2, 0) is 0 Å². The Morgan fingerprint density at radius 3 is 2.94 bits per heavy atom. The van der Waals surface area contributed by atoms with Crippen LogP contribution in [0.25, 0.3) is 0 Å². The van der Waals surface area contributed by atoms with Gasteiger partial charge in [0.15, 0.2) is 0 Å². The van der Waals surface area contributed by atoms with Gasteiger partial charge < -0.3 is 5.32 Å². The zero-order valence-electron chi connectivity index (χ0n) is 9.10. The van der Waals surface area contributed by atoms with Crippen LogP contribution in [0.2, 0.25) is 0 Å². The SMILES string of the molecule is CCC(C)Nc1ncc(C#N)cc1[N+](=O)[O-]. The highest BCUT2D eigenvalue weighted by Gasteiger charge is 2.17. The van der Waals surface area contributed by atoms with Crippen LogP contribution in [-0.4, -0.2) is 15.9 Å². The molecule has 0 saturated carbocycles. The van der Waals surface area contributed by atoms with Gasteiger partial charge in [-0.25, -0.2) is 4.98 Å². The van der Waals surface area contributed by atoms with Gasteiger partial charge in [0.1, 0.15) is 6.07 Å². The van der Waals surface area contributed by atoms with Crippen LogP contribution in [0.5, 0.6) is 0 Å². The molecule has 16 heavy (non-hydrogen) atoms. The second kappa shape index (κ2) is 5.07. The predicted molar refractivity (Wildman–Crippen MR) is 59.0 cm³/mol. The third kappa shape index (κ3) is 2.67. The number of rotatable bonds is 4. The van der Waals surface area contributed by atoms with Crippen molar-refractivity contribution in [1.29, 1.82) is 5.26 Å². The Hall–Kier alpha value is -2.16. The quantitative estimate of drug-likeness (QED) is 0.619. The zero-order valence-corrected chi connectivity index (χ0v) is 9.10. The Balaban J connectivity index is 3.09. The Labute approximate surface area is 93.1 Å². The van der Waals surface area contributed by atoms with Crippen LogP contribution in [0.3, 0.4) is 0 Å². The van der Waals surface area contributed by atoms with E-state index >= 15 is 0 Å². The van der Waals surface area contributed by atoms with E-state index in [9.17, 15) is 10.1 Å². The molecule has 0 aliphatic heterocycles. The summed E-state index contributed by atoms with van der Waals surface area (Å²) in [4.78, 5) is 14.1. The van der Waals surface area contributed by atoms with E-state index < -0.39 is 4.92 Å². The maximum absolute atomic E-state index is 10.8. The molecule has 0 spiro atoms. The number of pyridine rings is 1. The summed E-state index contributed by atoms with van der Waals surface area (Å²) in [7, 11) is 0. The molecule has 1 aromatic heterocycles. The van der Waals surface area contributed by atoms with E-state index in [1.54, 1.807) is 0 Å². The van der Waals surface area contributed by atoms with Gasteiger partial charge in [-0.2, -0.15) is 5.26 Å². The fourth-order valence-corrected chi connectivity index (χ4v) is 1.10. The first-order valence-electron chi connectivity index (χ1n) is 4.89. The molecule has 1 atom stereocenters. The minimum Gasteiger partial charge on any atom is -0.362 e. The lowest BCUT2D eigenvalue weighted by Gasteiger charge is -2.11. The first-order chi connectivity index (χ1) is 7.58. The van der Waals surface area contributed by atoms with E-state index in [1.165, 1.54) is 12.3 Å².